The summed E-state index contributed by atoms with van der Waals surface area (Å²) in [6, 6.07) is 1.18. The second-order valence-corrected chi connectivity index (χ2v) is 3.01. The van der Waals surface area contributed by atoms with Gasteiger partial charge in [-0.2, -0.15) is 0 Å². The summed E-state index contributed by atoms with van der Waals surface area (Å²) in [5.41, 5.74) is 3.67. The number of carboxylic acids is 2. The summed E-state index contributed by atoms with van der Waals surface area (Å²) in [5.74, 6) is -7.83. The highest BCUT2D eigenvalue weighted by Gasteiger charge is 2.29. The van der Waals surface area contributed by atoms with Gasteiger partial charge in [0.05, 0.1) is 0 Å². The van der Waals surface area contributed by atoms with E-state index in [1.165, 1.54) is 0 Å². The van der Waals surface area contributed by atoms with Crippen molar-refractivity contribution in [3.63, 3.8) is 0 Å². The lowest BCUT2D eigenvalue weighted by atomic mass is 9.99. The van der Waals surface area contributed by atoms with Crippen LogP contribution in [0.1, 0.15) is 11.5 Å². The van der Waals surface area contributed by atoms with Crippen LogP contribution in [0.5, 0.6) is 0 Å². The Labute approximate surface area is 88.1 Å². The van der Waals surface area contributed by atoms with E-state index in [1.807, 2.05) is 0 Å². The van der Waals surface area contributed by atoms with E-state index >= 15 is 0 Å². The van der Waals surface area contributed by atoms with E-state index in [4.69, 9.17) is 15.9 Å². The molecule has 0 bridgehead atoms. The number of aliphatic carboxylic acids is 2. The molecule has 0 radical (unpaired) electrons. The number of hydrogen-bond donors (Lipinski definition) is 3. The third-order valence-electron chi connectivity index (χ3n) is 1.93. The summed E-state index contributed by atoms with van der Waals surface area (Å²) >= 11 is 0. The Morgan fingerprint density at radius 2 is 1.50 bits per heavy atom. The zero-order chi connectivity index (χ0) is 12.5. The summed E-state index contributed by atoms with van der Waals surface area (Å²) in [5, 5.41) is 17.2. The highest BCUT2D eigenvalue weighted by Crippen LogP contribution is 2.23. The predicted octanol–water partition coefficient (Wildman–Crippen LogP) is 0.800. The van der Waals surface area contributed by atoms with E-state index in [-0.39, 0.29) is 0 Å². The van der Waals surface area contributed by atoms with Gasteiger partial charge in [-0.05, 0) is 17.7 Å². The van der Waals surface area contributed by atoms with Crippen LogP contribution in [0.4, 0.5) is 14.5 Å². The van der Waals surface area contributed by atoms with Crippen molar-refractivity contribution in [3.8, 4) is 0 Å². The molecule has 16 heavy (non-hydrogen) atoms. The maximum Gasteiger partial charge on any atom is 0.322 e. The summed E-state index contributed by atoms with van der Waals surface area (Å²) < 4.78 is 26.0. The second kappa shape index (κ2) is 4.13. The van der Waals surface area contributed by atoms with Gasteiger partial charge in [0, 0.05) is 0 Å². The molecule has 7 heteroatoms. The van der Waals surface area contributed by atoms with Gasteiger partial charge >= 0.3 is 11.9 Å². The molecule has 1 rings (SSSR count). The molecule has 4 N–H and O–H groups in total. The van der Waals surface area contributed by atoms with E-state index in [9.17, 15) is 18.4 Å². The van der Waals surface area contributed by atoms with E-state index in [0.717, 1.165) is 0 Å². The van der Waals surface area contributed by atoms with Crippen LogP contribution >= 0.6 is 0 Å². The SMILES string of the molecule is Nc1c(F)cc(C(C(=O)O)C(=O)O)cc1F. The lowest BCUT2D eigenvalue weighted by molar-refractivity contribution is -0.150. The van der Waals surface area contributed by atoms with Crippen molar-refractivity contribution < 1.29 is 28.6 Å². The first-order valence-corrected chi connectivity index (χ1v) is 4.04. The minimum atomic E-state index is -2.02. The predicted molar refractivity (Wildman–Crippen MR) is 48.8 cm³/mol. The van der Waals surface area contributed by atoms with Crippen molar-refractivity contribution in [2.45, 2.75) is 5.92 Å². The molecule has 86 valence electrons. The fourth-order valence-corrected chi connectivity index (χ4v) is 1.16. The number of carboxylic acid groups (broad SMARTS) is 2. The van der Waals surface area contributed by atoms with Crippen molar-refractivity contribution in [2.75, 3.05) is 5.73 Å². The summed E-state index contributed by atoms with van der Waals surface area (Å²) in [6.45, 7) is 0. The van der Waals surface area contributed by atoms with Crippen LogP contribution in [0.2, 0.25) is 0 Å². The Morgan fingerprint density at radius 1 is 1.12 bits per heavy atom. The minimum absolute atomic E-state index is 0.510. The van der Waals surface area contributed by atoms with Crippen molar-refractivity contribution in [2.24, 2.45) is 0 Å². The molecule has 0 heterocycles. The van der Waals surface area contributed by atoms with Gasteiger partial charge < -0.3 is 15.9 Å². The highest BCUT2D eigenvalue weighted by atomic mass is 19.1. The highest BCUT2D eigenvalue weighted by molar-refractivity contribution is 5.99. The van der Waals surface area contributed by atoms with E-state index in [2.05, 4.69) is 0 Å². The van der Waals surface area contributed by atoms with Crippen molar-refractivity contribution in [3.05, 3.63) is 29.3 Å². The van der Waals surface area contributed by atoms with E-state index < -0.39 is 40.7 Å². The van der Waals surface area contributed by atoms with Gasteiger partial charge in [-0.15, -0.1) is 0 Å². The Hall–Kier alpha value is -2.18. The first kappa shape index (κ1) is 11.9. The van der Waals surface area contributed by atoms with Crippen LogP contribution in [0.25, 0.3) is 0 Å². The second-order valence-electron chi connectivity index (χ2n) is 3.01. The molecule has 0 aliphatic carbocycles. The van der Waals surface area contributed by atoms with Crippen molar-refractivity contribution >= 4 is 17.6 Å². The molecule has 0 fully saturated rings. The molecule has 0 saturated heterocycles. The number of carbonyl (C=O) groups is 2. The summed E-state index contributed by atoms with van der Waals surface area (Å²) in [7, 11) is 0. The maximum atomic E-state index is 13.0. The Balaban J connectivity index is 3.32. The largest absolute Gasteiger partial charge is 0.480 e. The van der Waals surface area contributed by atoms with Crippen LogP contribution in [0.3, 0.4) is 0 Å². The molecular formula is C9H7F2NO4. The van der Waals surface area contributed by atoms with Gasteiger partial charge in [0.1, 0.15) is 17.3 Å². The van der Waals surface area contributed by atoms with Crippen molar-refractivity contribution in [1.82, 2.24) is 0 Å². The molecule has 0 saturated carbocycles. The first-order chi connectivity index (χ1) is 7.34. The fourth-order valence-electron chi connectivity index (χ4n) is 1.16. The van der Waals surface area contributed by atoms with Gasteiger partial charge in [0.15, 0.2) is 5.92 Å². The molecule has 0 unspecified atom stereocenters. The Kier molecular flexibility index (Phi) is 3.07. The van der Waals surface area contributed by atoms with Gasteiger partial charge in [-0.25, -0.2) is 8.78 Å². The molecular weight excluding hydrogens is 224 g/mol. The minimum Gasteiger partial charge on any atom is -0.480 e. The third kappa shape index (κ3) is 2.08. The Morgan fingerprint density at radius 3 is 1.81 bits per heavy atom. The van der Waals surface area contributed by atoms with Crippen LogP contribution in [0.15, 0.2) is 12.1 Å². The molecule has 0 aliphatic heterocycles. The number of hydrogen-bond acceptors (Lipinski definition) is 3. The van der Waals surface area contributed by atoms with Gasteiger partial charge in [-0.1, -0.05) is 0 Å². The number of nitrogen functional groups attached to an aromatic ring is 1. The standard InChI is InChI=1S/C9H7F2NO4/c10-4-1-3(2-5(11)7(4)12)6(8(13)14)9(15)16/h1-2,6H,12H2,(H,13,14)(H,15,16). The Bertz CT molecular complexity index is 424. The maximum absolute atomic E-state index is 13.0. The first-order valence-electron chi connectivity index (χ1n) is 4.04. The molecule has 1 aromatic rings. The summed E-state index contributed by atoms with van der Waals surface area (Å²) in [4.78, 5) is 21.2. The third-order valence-corrected chi connectivity index (χ3v) is 1.93. The van der Waals surface area contributed by atoms with Gasteiger partial charge in [-0.3, -0.25) is 9.59 Å². The van der Waals surface area contributed by atoms with E-state index in [1.54, 1.807) is 0 Å². The van der Waals surface area contributed by atoms with Crippen LogP contribution in [0, 0.1) is 11.6 Å². The zero-order valence-corrected chi connectivity index (χ0v) is 7.78. The molecule has 0 aromatic heterocycles. The average molecular weight is 231 g/mol. The molecule has 0 aliphatic rings. The molecule has 0 spiro atoms. The van der Waals surface area contributed by atoms with Crippen molar-refractivity contribution in [1.29, 1.82) is 0 Å². The fraction of sp³-hybridized carbons (Fsp3) is 0.111. The number of halogens is 2. The topological polar surface area (TPSA) is 101 Å². The lowest BCUT2D eigenvalue weighted by Crippen LogP contribution is -2.21. The summed E-state index contributed by atoms with van der Waals surface area (Å²) in [6.07, 6.45) is 0. The number of benzene rings is 1. The normalized spacial score (nSPS) is 10.4. The number of anilines is 1. The smallest absolute Gasteiger partial charge is 0.322 e. The zero-order valence-electron chi connectivity index (χ0n) is 7.78. The number of rotatable bonds is 3. The van der Waals surface area contributed by atoms with Gasteiger partial charge in [0.2, 0.25) is 0 Å². The van der Waals surface area contributed by atoms with Crippen LogP contribution in [-0.4, -0.2) is 22.2 Å². The molecule has 0 atom stereocenters. The van der Waals surface area contributed by atoms with E-state index in [0.29, 0.717) is 12.1 Å². The van der Waals surface area contributed by atoms with Gasteiger partial charge in [0.25, 0.3) is 0 Å². The molecule has 5 nitrogen and oxygen atoms in total. The molecule has 1 aromatic carbocycles. The monoisotopic (exact) mass is 231 g/mol. The van der Waals surface area contributed by atoms with Crippen LogP contribution in [-0.2, 0) is 9.59 Å². The molecule has 0 amide bonds. The quantitative estimate of drug-likeness (QED) is 0.527. The average Bonchev–Trinajstić information content (AvgIpc) is 2.12. The van der Waals surface area contributed by atoms with Crippen LogP contribution < -0.4 is 5.73 Å². The lowest BCUT2D eigenvalue weighted by Gasteiger charge is -2.09. The number of nitrogens with two attached hydrogens (primary N) is 1.